The number of hydrogen-bond donors (Lipinski definition) is 1. The molecule has 0 amide bonds. The van der Waals surface area contributed by atoms with Crippen molar-refractivity contribution in [3.63, 3.8) is 0 Å². The number of nitrogens with two attached hydrogens (primary N) is 1. The molecule has 2 heterocycles. The molecule has 130 valence electrons. The SMILES string of the molecule is Cc1cc(-c2cc(C)c(OCC(C)(N)CC(C)C)c(C)n2)ccn1. The van der Waals surface area contributed by atoms with Gasteiger partial charge in [-0.3, -0.25) is 4.98 Å². The quantitative estimate of drug-likeness (QED) is 0.863. The fraction of sp³-hybridized carbons (Fsp3) is 0.500. The first-order valence-corrected chi connectivity index (χ1v) is 8.51. The maximum absolute atomic E-state index is 6.35. The average Bonchev–Trinajstić information content (AvgIpc) is 2.44. The first-order chi connectivity index (χ1) is 11.2. The van der Waals surface area contributed by atoms with Gasteiger partial charge in [0.15, 0.2) is 0 Å². The lowest BCUT2D eigenvalue weighted by Crippen LogP contribution is -2.43. The molecule has 0 aliphatic rings. The molecule has 0 aliphatic carbocycles. The van der Waals surface area contributed by atoms with Crippen LogP contribution < -0.4 is 10.5 Å². The Morgan fingerprint density at radius 2 is 1.92 bits per heavy atom. The summed E-state index contributed by atoms with van der Waals surface area (Å²) in [4.78, 5) is 8.95. The molecule has 0 fully saturated rings. The average molecular weight is 327 g/mol. The van der Waals surface area contributed by atoms with Crippen molar-refractivity contribution in [3.05, 3.63) is 41.3 Å². The number of hydrogen-bond acceptors (Lipinski definition) is 4. The van der Waals surface area contributed by atoms with Crippen molar-refractivity contribution in [3.8, 4) is 17.0 Å². The van der Waals surface area contributed by atoms with Crippen molar-refractivity contribution in [1.29, 1.82) is 0 Å². The molecule has 24 heavy (non-hydrogen) atoms. The zero-order valence-corrected chi connectivity index (χ0v) is 15.7. The highest BCUT2D eigenvalue weighted by Gasteiger charge is 2.22. The summed E-state index contributed by atoms with van der Waals surface area (Å²) in [7, 11) is 0. The molecule has 0 spiro atoms. The molecule has 0 aromatic carbocycles. The number of rotatable bonds is 6. The van der Waals surface area contributed by atoms with Gasteiger partial charge in [0.1, 0.15) is 12.4 Å². The standard InChI is InChI=1S/C20H29N3O/c1-13(2)11-20(6,21)12-24-19-14(3)9-18(23-16(19)5)17-7-8-22-15(4)10-17/h7-10,13H,11-12,21H2,1-6H3. The van der Waals surface area contributed by atoms with Crippen molar-refractivity contribution >= 4 is 0 Å². The van der Waals surface area contributed by atoms with Crippen LogP contribution in [0.15, 0.2) is 24.4 Å². The Morgan fingerprint density at radius 1 is 1.21 bits per heavy atom. The zero-order chi connectivity index (χ0) is 17.9. The number of nitrogens with zero attached hydrogens (tertiary/aromatic N) is 2. The fourth-order valence-corrected chi connectivity index (χ4v) is 3.12. The predicted molar refractivity (Wildman–Crippen MR) is 99.2 cm³/mol. The van der Waals surface area contributed by atoms with Gasteiger partial charge in [0.2, 0.25) is 0 Å². The van der Waals surface area contributed by atoms with Gasteiger partial charge in [-0.2, -0.15) is 0 Å². The first kappa shape index (κ1) is 18.4. The highest BCUT2D eigenvalue weighted by atomic mass is 16.5. The number of pyridine rings is 2. The maximum atomic E-state index is 6.35. The maximum Gasteiger partial charge on any atom is 0.143 e. The van der Waals surface area contributed by atoms with Gasteiger partial charge in [-0.25, -0.2) is 4.98 Å². The highest BCUT2D eigenvalue weighted by Crippen LogP contribution is 2.28. The summed E-state index contributed by atoms with van der Waals surface area (Å²) in [5.74, 6) is 1.38. The minimum Gasteiger partial charge on any atom is -0.490 e. The van der Waals surface area contributed by atoms with E-state index in [1.807, 2.05) is 39.1 Å². The lowest BCUT2D eigenvalue weighted by atomic mass is 9.93. The van der Waals surface area contributed by atoms with Crippen molar-refractivity contribution in [2.24, 2.45) is 11.7 Å². The second-order valence-corrected chi connectivity index (χ2v) is 7.47. The zero-order valence-electron chi connectivity index (χ0n) is 15.7. The van der Waals surface area contributed by atoms with Gasteiger partial charge in [-0.1, -0.05) is 13.8 Å². The molecular weight excluding hydrogens is 298 g/mol. The van der Waals surface area contributed by atoms with Crippen molar-refractivity contribution in [1.82, 2.24) is 9.97 Å². The van der Waals surface area contributed by atoms with E-state index in [0.29, 0.717) is 12.5 Å². The van der Waals surface area contributed by atoms with E-state index in [1.54, 1.807) is 0 Å². The van der Waals surface area contributed by atoms with Crippen LogP contribution in [-0.2, 0) is 0 Å². The number of ether oxygens (including phenoxy) is 1. The minimum atomic E-state index is -0.339. The summed E-state index contributed by atoms with van der Waals surface area (Å²) >= 11 is 0. The van der Waals surface area contributed by atoms with Crippen molar-refractivity contribution in [2.45, 2.75) is 53.5 Å². The normalized spacial score (nSPS) is 13.8. The summed E-state index contributed by atoms with van der Waals surface area (Å²) in [5.41, 5.74) is 11.0. The summed E-state index contributed by atoms with van der Waals surface area (Å²) in [5, 5.41) is 0. The molecule has 0 radical (unpaired) electrons. The van der Waals surface area contributed by atoms with Crippen LogP contribution in [0.25, 0.3) is 11.3 Å². The molecular formula is C20H29N3O. The van der Waals surface area contributed by atoms with E-state index in [0.717, 1.165) is 40.4 Å². The molecule has 2 aromatic rings. The van der Waals surface area contributed by atoms with Crippen LogP contribution in [0.1, 0.15) is 44.1 Å². The largest absolute Gasteiger partial charge is 0.490 e. The Hall–Kier alpha value is -1.94. The van der Waals surface area contributed by atoms with Crippen LogP contribution in [0.4, 0.5) is 0 Å². The van der Waals surface area contributed by atoms with E-state index in [9.17, 15) is 0 Å². The third kappa shape index (κ3) is 4.78. The highest BCUT2D eigenvalue weighted by molar-refractivity contribution is 5.62. The Balaban J connectivity index is 2.21. The van der Waals surface area contributed by atoms with Crippen LogP contribution in [0.5, 0.6) is 5.75 Å². The third-order valence-electron chi connectivity index (χ3n) is 3.94. The van der Waals surface area contributed by atoms with E-state index in [1.165, 1.54) is 0 Å². The predicted octanol–water partition coefficient (Wildman–Crippen LogP) is 4.21. The van der Waals surface area contributed by atoms with E-state index < -0.39 is 0 Å². The lowest BCUT2D eigenvalue weighted by Gasteiger charge is -2.27. The number of aromatic nitrogens is 2. The van der Waals surface area contributed by atoms with E-state index in [2.05, 4.69) is 31.8 Å². The molecule has 2 N–H and O–H groups in total. The first-order valence-electron chi connectivity index (χ1n) is 8.51. The Kier molecular flexibility index (Phi) is 5.60. The van der Waals surface area contributed by atoms with E-state index in [4.69, 9.17) is 15.5 Å². The summed E-state index contributed by atoms with van der Waals surface area (Å²) in [6.45, 7) is 12.9. The fourth-order valence-electron chi connectivity index (χ4n) is 3.12. The van der Waals surface area contributed by atoms with Crippen LogP contribution in [0, 0.1) is 26.7 Å². The lowest BCUT2D eigenvalue weighted by molar-refractivity contribution is 0.204. The van der Waals surface area contributed by atoms with Gasteiger partial charge in [-0.15, -0.1) is 0 Å². The molecule has 4 nitrogen and oxygen atoms in total. The van der Waals surface area contributed by atoms with E-state index in [-0.39, 0.29) is 5.54 Å². The van der Waals surface area contributed by atoms with Gasteiger partial charge in [0, 0.05) is 23.0 Å². The Bertz CT molecular complexity index is 685. The van der Waals surface area contributed by atoms with Gasteiger partial charge < -0.3 is 10.5 Å². The van der Waals surface area contributed by atoms with Crippen LogP contribution in [0.2, 0.25) is 0 Å². The summed E-state index contributed by atoms with van der Waals surface area (Å²) in [6.07, 6.45) is 2.74. The molecule has 1 unspecified atom stereocenters. The molecule has 0 aliphatic heterocycles. The Labute approximate surface area is 145 Å². The van der Waals surface area contributed by atoms with Crippen LogP contribution in [0.3, 0.4) is 0 Å². The van der Waals surface area contributed by atoms with Crippen molar-refractivity contribution in [2.75, 3.05) is 6.61 Å². The molecule has 0 bridgehead atoms. The molecule has 0 saturated heterocycles. The summed E-state index contributed by atoms with van der Waals surface area (Å²) in [6, 6.07) is 6.09. The van der Waals surface area contributed by atoms with E-state index >= 15 is 0 Å². The van der Waals surface area contributed by atoms with Gasteiger partial charge in [0.05, 0.1) is 11.4 Å². The molecule has 2 rings (SSSR count). The minimum absolute atomic E-state index is 0.339. The van der Waals surface area contributed by atoms with Crippen molar-refractivity contribution < 1.29 is 4.74 Å². The molecule has 2 aromatic heterocycles. The van der Waals surface area contributed by atoms with Crippen LogP contribution in [-0.4, -0.2) is 22.1 Å². The Morgan fingerprint density at radius 3 is 2.50 bits per heavy atom. The molecule has 0 saturated carbocycles. The second kappa shape index (κ2) is 7.31. The second-order valence-electron chi connectivity index (χ2n) is 7.47. The van der Waals surface area contributed by atoms with Gasteiger partial charge in [-0.05, 0) is 63.8 Å². The monoisotopic (exact) mass is 327 g/mol. The van der Waals surface area contributed by atoms with Gasteiger partial charge >= 0.3 is 0 Å². The summed E-state index contributed by atoms with van der Waals surface area (Å²) < 4.78 is 6.05. The molecule has 4 heteroatoms. The van der Waals surface area contributed by atoms with Crippen LogP contribution >= 0.6 is 0 Å². The topological polar surface area (TPSA) is 61.0 Å². The molecule has 1 atom stereocenters. The number of aryl methyl sites for hydroxylation is 3. The van der Waals surface area contributed by atoms with Gasteiger partial charge in [0.25, 0.3) is 0 Å². The third-order valence-corrected chi connectivity index (χ3v) is 3.94. The smallest absolute Gasteiger partial charge is 0.143 e.